The predicted octanol–water partition coefficient (Wildman–Crippen LogP) is 2.48. The van der Waals surface area contributed by atoms with Crippen molar-refractivity contribution in [2.24, 2.45) is 0 Å². The Hall–Kier alpha value is -1.58. The van der Waals surface area contributed by atoms with Crippen LogP contribution in [0, 0.1) is 0 Å². The topological polar surface area (TPSA) is 62.8 Å². The average molecular weight is 393 g/mol. The number of carbonyl (C=O) groups is 1. The van der Waals surface area contributed by atoms with E-state index in [2.05, 4.69) is 15.5 Å². The summed E-state index contributed by atoms with van der Waals surface area (Å²) in [5, 5.41) is 5.75. The van der Waals surface area contributed by atoms with E-state index in [0.717, 1.165) is 24.7 Å². The molecule has 0 atom stereocenters. The van der Waals surface area contributed by atoms with Crippen molar-refractivity contribution in [2.75, 3.05) is 52.5 Å². The molecule has 1 aliphatic heterocycles. The fraction of sp³-hybridized carbons (Fsp3) is 0.722. The van der Waals surface area contributed by atoms with Gasteiger partial charge in [-0.1, -0.05) is 12.2 Å². The second-order valence-corrected chi connectivity index (χ2v) is 7.22. The van der Waals surface area contributed by atoms with E-state index in [1.165, 1.54) is 6.08 Å². The minimum absolute atomic E-state index is 0.219. The summed E-state index contributed by atoms with van der Waals surface area (Å²) in [6.07, 6.45) is -2.10. The number of alkyl halides is 3. The number of allylic oxidation sites excluding steroid dienone is 3. The highest BCUT2D eigenvalue weighted by molar-refractivity contribution is 5.67. The van der Waals surface area contributed by atoms with Gasteiger partial charge in [0.1, 0.15) is 5.60 Å². The zero-order valence-corrected chi connectivity index (χ0v) is 16.2. The summed E-state index contributed by atoms with van der Waals surface area (Å²) >= 11 is 0. The molecule has 0 bridgehead atoms. The van der Waals surface area contributed by atoms with E-state index in [0.29, 0.717) is 39.4 Å². The normalized spacial score (nSPS) is 17.3. The van der Waals surface area contributed by atoms with Gasteiger partial charge in [-0.15, -0.1) is 0 Å². The third-order valence-corrected chi connectivity index (χ3v) is 3.47. The van der Waals surface area contributed by atoms with Crippen molar-refractivity contribution in [2.45, 2.75) is 32.5 Å². The Labute approximate surface area is 158 Å². The second kappa shape index (κ2) is 11.3. The fourth-order valence-electron chi connectivity index (χ4n) is 2.32. The zero-order chi connectivity index (χ0) is 20.3. The molecule has 1 rings (SSSR count). The lowest BCUT2D eigenvalue weighted by Gasteiger charge is -2.27. The highest BCUT2D eigenvalue weighted by Crippen LogP contribution is 2.16. The van der Waals surface area contributed by atoms with Gasteiger partial charge in [0.05, 0.1) is 13.2 Å². The fourth-order valence-corrected chi connectivity index (χ4v) is 2.32. The van der Waals surface area contributed by atoms with Gasteiger partial charge in [0, 0.05) is 45.3 Å². The second-order valence-electron chi connectivity index (χ2n) is 7.22. The molecule has 0 spiro atoms. The molecule has 0 aliphatic carbocycles. The van der Waals surface area contributed by atoms with Crippen LogP contribution in [0.15, 0.2) is 23.8 Å². The minimum atomic E-state index is -4.33. The molecular formula is C18H30F3N3O3. The van der Waals surface area contributed by atoms with Crippen molar-refractivity contribution < 1.29 is 27.4 Å². The Morgan fingerprint density at radius 1 is 1.19 bits per heavy atom. The number of alkyl carbamates (subject to hydrolysis) is 1. The molecule has 0 aromatic rings. The van der Waals surface area contributed by atoms with Gasteiger partial charge in [0.2, 0.25) is 0 Å². The first-order valence-electron chi connectivity index (χ1n) is 8.97. The van der Waals surface area contributed by atoms with Gasteiger partial charge in [-0.25, -0.2) is 4.79 Å². The van der Waals surface area contributed by atoms with Crippen molar-refractivity contribution >= 4 is 6.09 Å². The number of halogens is 3. The van der Waals surface area contributed by atoms with Crippen LogP contribution in [0.5, 0.6) is 0 Å². The molecule has 27 heavy (non-hydrogen) atoms. The van der Waals surface area contributed by atoms with Crippen molar-refractivity contribution in [3.05, 3.63) is 23.8 Å². The first kappa shape index (κ1) is 23.5. The third kappa shape index (κ3) is 13.3. The van der Waals surface area contributed by atoms with Crippen LogP contribution in [-0.4, -0.2) is 75.3 Å². The van der Waals surface area contributed by atoms with Crippen molar-refractivity contribution in [3.8, 4) is 0 Å². The molecule has 1 saturated heterocycles. The summed E-state index contributed by atoms with van der Waals surface area (Å²) in [6.45, 7) is 9.92. The molecule has 156 valence electrons. The molecule has 1 heterocycles. The number of amides is 1. The molecule has 9 heteroatoms. The molecule has 0 radical (unpaired) electrons. The summed E-state index contributed by atoms with van der Waals surface area (Å²) < 4.78 is 47.3. The minimum Gasteiger partial charge on any atom is -0.444 e. The van der Waals surface area contributed by atoms with Gasteiger partial charge in [0.25, 0.3) is 0 Å². The number of hydrogen-bond acceptors (Lipinski definition) is 5. The van der Waals surface area contributed by atoms with Gasteiger partial charge in [0.15, 0.2) is 0 Å². The number of carbonyl (C=O) groups excluding carboxylic acids is 1. The summed E-state index contributed by atoms with van der Waals surface area (Å²) in [5.74, 6) is 0. The Balaban J connectivity index is 2.42. The average Bonchev–Trinajstić information content (AvgIpc) is 2.52. The maximum absolute atomic E-state index is 12.3. The number of ether oxygens (including phenoxy) is 2. The summed E-state index contributed by atoms with van der Waals surface area (Å²) in [6, 6.07) is 0. The van der Waals surface area contributed by atoms with E-state index in [-0.39, 0.29) is 6.08 Å². The number of morpholine rings is 1. The van der Waals surface area contributed by atoms with E-state index in [9.17, 15) is 18.0 Å². The van der Waals surface area contributed by atoms with Crippen LogP contribution in [0.3, 0.4) is 0 Å². The zero-order valence-electron chi connectivity index (χ0n) is 16.2. The van der Waals surface area contributed by atoms with E-state index in [1.54, 1.807) is 20.8 Å². The first-order chi connectivity index (χ1) is 12.6. The molecule has 0 unspecified atom stereocenters. The standard InChI is InChI=1S/C18H30F3N3O3/c1-17(2,3)27-16(25)23-8-7-22-13-15(5-4-6-18(19,20)21)14-24-9-11-26-12-10-24/h4-6,22H,7-14H2,1-3H3,(H,23,25)/b6-4+,15-5-. The van der Waals surface area contributed by atoms with Crippen molar-refractivity contribution in [3.63, 3.8) is 0 Å². The maximum Gasteiger partial charge on any atom is 0.409 e. The van der Waals surface area contributed by atoms with Crippen LogP contribution in [0.4, 0.5) is 18.0 Å². The van der Waals surface area contributed by atoms with Crippen molar-refractivity contribution in [1.82, 2.24) is 15.5 Å². The molecule has 0 aromatic carbocycles. The Morgan fingerprint density at radius 3 is 2.44 bits per heavy atom. The van der Waals surface area contributed by atoms with Crippen LogP contribution in [-0.2, 0) is 9.47 Å². The SMILES string of the molecule is CC(C)(C)OC(=O)NCCNC/C(=C/C=C/C(F)(F)F)CN1CCOCC1. The van der Waals surface area contributed by atoms with Crippen LogP contribution in [0.1, 0.15) is 20.8 Å². The molecular weight excluding hydrogens is 363 g/mol. The lowest BCUT2D eigenvalue weighted by Crippen LogP contribution is -2.39. The molecule has 2 N–H and O–H groups in total. The van der Waals surface area contributed by atoms with E-state index < -0.39 is 17.9 Å². The number of rotatable bonds is 8. The van der Waals surface area contributed by atoms with Gasteiger partial charge in [-0.2, -0.15) is 13.2 Å². The van der Waals surface area contributed by atoms with E-state index in [1.807, 2.05) is 0 Å². The van der Waals surface area contributed by atoms with Crippen LogP contribution < -0.4 is 10.6 Å². The van der Waals surface area contributed by atoms with Gasteiger partial charge in [-0.05, 0) is 26.3 Å². The van der Waals surface area contributed by atoms with Crippen LogP contribution >= 0.6 is 0 Å². The Kier molecular flexibility index (Phi) is 9.82. The lowest BCUT2D eigenvalue weighted by molar-refractivity contribution is -0.0798. The summed E-state index contributed by atoms with van der Waals surface area (Å²) in [7, 11) is 0. The van der Waals surface area contributed by atoms with Gasteiger partial charge >= 0.3 is 12.3 Å². The Bertz CT molecular complexity index is 508. The first-order valence-corrected chi connectivity index (χ1v) is 8.97. The third-order valence-electron chi connectivity index (χ3n) is 3.47. The smallest absolute Gasteiger partial charge is 0.409 e. The molecule has 6 nitrogen and oxygen atoms in total. The monoisotopic (exact) mass is 393 g/mol. The van der Waals surface area contributed by atoms with Crippen LogP contribution in [0.2, 0.25) is 0 Å². The highest BCUT2D eigenvalue weighted by Gasteiger charge is 2.21. The number of hydrogen-bond donors (Lipinski definition) is 2. The maximum atomic E-state index is 12.3. The Morgan fingerprint density at radius 2 is 1.85 bits per heavy atom. The molecule has 1 aliphatic rings. The number of nitrogens with zero attached hydrogens (tertiary/aromatic N) is 1. The van der Waals surface area contributed by atoms with Gasteiger partial charge < -0.3 is 20.1 Å². The van der Waals surface area contributed by atoms with Gasteiger partial charge in [-0.3, -0.25) is 4.90 Å². The van der Waals surface area contributed by atoms with Crippen molar-refractivity contribution in [1.29, 1.82) is 0 Å². The molecule has 1 fully saturated rings. The lowest BCUT2D eigenvalue weighted by atomic mass is 10.2. The molecule has 0 saturated carbocycles. The van der Waals surface area contributed by atoms with E-state index in [4.69, 9.17) is 9.47 Å². The van der Waals surface area contributed by atoms with Crippen LogP contribution in [0.25, 0.3) is 0 Å². The highest BCUT2D eigenvalue weighted by atomic mass is 19.4. The van der Waals surface area contributed by atoms with E-state index >= 15 is 0 Å². The number of nitrogens with one attached hydrogen (secondary N) is 2. The molecule has 0 aromatic heterocycles. The molecule has 1 amide bonds. The predicted molar refractivity (Wildman–Crippen MR) is 97.6 cm³/mol. The quantitative estimate of drug-likeness (QED) is 0.490. The largest absolute Gasteiger partial charge is 0.444 e. The summed E-state index contributed by atoms with van der Waals surface area (Å²) in [5.41, 5.74) is 0.269. The summed E-state index contributed by atoms with van der Waals surface area (Å²) in [4.78, 5) is 13.7.